The second kappa shape index (κ2) is 7.29. The molecule has 0 bridgehead atoms. The lowest BCUT2D eigenvalue weighted by molar-refractivity contribution is 0.398. The van der Waals surface area contributed by atoms with Crippen molar-refractivity contribution in [1.82, 2.24) is 0 Å². The molecule has 16 heavy (non-hydrogen) atoms. The standard InChI is InChI=1S/C7H8O3S.C3H6F2/c1-6-4-2-3-5-7(6)11(8,9)10;4-2-1-3-5/h2-5H,1H3,(H,8,9,10);1-3H2. The van der Waals surface area contributed by atoms with Gasteiger partial charge in [-0.25, -0.2) is 0 Å². The molecule has 1 rings (SSSR count). The summed E-state index contributed by atoms with van der Waals surface area (Å²) in [7, 11) is -4.03. The average Bonchev–Trinajstić information content (AvgIpc) is 2.19. The highest BCUT2D eigenvalue weighted by atomic mass is 32.2. The summed E-state index contributed by atoms with van der Waals surface area (Å²) in [4.78, 5) is -0.0278. The first kappa shape index (κ1) is 15.0. The Morgan fingerprint density at radius 2 is 1.69 bits per heavy atom. The van der Waals surface area contributed by atoms with Gasteiger partial charge in [-0.2, -0.15) is 8.42 Å². The van der Waals surface area contributed by atoms with Gasteiger partial charge >= 0.3 is 0 Å². The predicted molar refractivity (Wildman–Crippen MR) is 57.6 cm³/mol. The Balaban J connectivity index is 0.000000385. The minimum atomic E-state index is -4.03. The van der Waals surface area contributed by atoms with E-state index in [2.05, 4.69) is 0 Å². The van der Waals surface area contributed by atoms with E-state index < -0.39 is 23.5 Å². The Bertz CT molecular complexity index is 402. The van der Waals surface area contributed by atoms with Gasteiger partial charge in [-0.05, 0) is 18.6 Å². The molecule has 0 aromatic heterocycles. The van der Waals surface area contributed by atoms with Crippen LogP contribution in [0.5, 0.6) is 0 Å². The summed E-state index contributed by atoms with van der Waals surface area (Å²) >= 11 is 0. The van der Waals surface area contributed by atoms with Gasteiger partial charge in [0.15, 0.2) is 0 Å². The lowest BCUT2D eigenvalue weighted by Gasteiger charge is -1.99. The molecule has 0 aliphatic carbocycles. The zero-order chi connectivity index (χ0) is 12.6. The lowest BCUT2D eigenvalue weighted by Crippen LogP contribution is -1.99. The first-order valence-corrected chi connectivity index (χ1v) is 6.02. The summed E-state index contributed by atoms with van der Waals surface area (Å²) in [6.45, 7) is 0.566. The quantitative estimate of drug-likeness (QED) is 0.841. The normalized spacial score (nSPS) is 10.5. The van der Waals surface area contributed by atoms with Crippen molar-refractivity contribution < 1.29 is 21.8 Å². The van der Waals surface area contributed by atoms with E-state index in [1.54, 1.807) is 25.1 Å². The molecule has 1 aromatic rings. The Labute approximate surface area is 93.9 Å². The van der Waals surface area contributed by atoms with Crippen LogP contribution in [0, 0.1) is 6.92 Å². The second-order valence-corrected chi connectivity index (χ2v) is 4.36. The van der Waals surface area contributed by atoms with Gasteiger partial charge in [-0.1, -0.05) is 18.2 Å². The van der Waals surface area contributed by atoms with E-state index in [0.717, 1.165) is 0 Å². The molecule has 0 aliphatic rings. The Morgan fingerprint density at radius 1 is 1.19 bits per heavy atom. The summed E-state index contributed by atoms with van der Waals surface area (Å²) in [6, 6.07) is 6.27. The minimum Gasteiger partial charge on any atom is -0.282 e. The maximum Gasteiger partial charge on any atom is 0.294 e. The van der Waals surface area contributed by atoms with E-state index in [9.17, 15) is 17.2 Å². The second-order valence-electron chi connectivity index (χ2n) is 2.97. The predicted octanol–water partition coefficient (Wildman–Crippen LogP) is 2.56. The monoisotopic (exact) mass is 252 g/mol. The summed E-state index contributed by atoms with van der Waals surface area (Å²) in [5, 5.41) is 0. The van der Waals surface area contributed by atoms with E-state index in [-0.39, 0.29) is 11.3 Å². The molecule has 0 spiro atoms. The van der Waals surface area contributed by atoms with Crippen molar-refractivity contribution >= 4 is 10.1 Å². The number of halogens is 2. The highest BCUT2D eigenvalue weighted by Crippen LogP contribution is 2.12. The zero-order valence-corrected chi connectivity index (χ0v) is 9.68. The molecule has 92 valence electrons. The highest BCUT2D eigenvalue weighted by molar-refractivity contribution is 7.85. The molecule has 1 N–H and O–H groups in total. The van der Waals surface area contributed by atoms with Crippen LogP contribution in [0.4, 0.5) is 8.78 Å². The van der Waals surface area contributed by atoms with Gasteiger partial charge in [0.2, 0.25) is 0 Å². The van der Waals surface area contributed by atoms with Crippen LogP contribution >= 0.6 is 0 Å². The molecule has 3 nitrogen and oxygen atoms in total. The molecule has 0 saturated carbocycles. The van der Waals surface area contributed by atoms with Crippen molar-refractivity contribution in [3.63, 3.8) is 0 Å². The molecule has 6 heteroatoms. The van der Waals surface area contributed by atoms with E-state index in [4.69, 9.17) is 4.55 Å². The van der Waals surface area contributed by atoms with E-state index in [1.165, 1.54) is 6.07 Å². The van der Waals surface area contributed by atoms with Crippen LogP contribution in [-0.4, -0.2) is 26.3 Å². The molecule has 0 aliphatic heterocycles. The molecule has 0 saturated heterocycles. The Morgan fingerprint density at radius 3 is 1.94 bits per heavy atom. The van der Waals surface area contributed by atoms with Crippen LogP contribution in [-0.2, 0) is 10.1 Å². The van der Waals surface area contributed by atoms with Crippen LogP contribution in [0.1, 0.15) is 12.0 Å². The number of aryl methyl sites for hydroxylation is 1. The number of hydrogen-bond donors (Lipinski definition) is 1. The van der Waals surface area contributed by atoms with Gasteiger partial charge < -0.3 is 0 Å². The highest BCUT2D eigenvalue weighted by Gasteiger charge is 2.10. The smallest absolute Gasteiger partial charge is 0.282 e. The minimum absolute atomic E-state index is 0.0278. The molecule has 0 amide bonds. The fourth-order valence-corrected chi connectivity index (χ4v) is 1.62. The third-order valence-electron chi connectivity index (χ3n) is 1.64. The van der Waals surface area contributed by atoms with Gasteiger partial charge in [0.25, 0.3) is 10.1 Å². The van der Waals surface area contributed by atoms with Crippen LogP contribution in [0.3, 0.4) is 0 Å². The summed E-state index contributed by atoms with van der Waals surface area (Å²) < 4.78 is 51.4. The molecule has 0 radical (unpaired) electrons. The molecule has 0 fully saturated rings. The van der Waals surface area contributed by atoms with Gasteiger partial charge in [-0.3, -0.25) is 13.3 Å². The van der Waals surface area contributed by atoms with E-state index in [1.807, 2.05) is 0 Å². The average molecular weight is 252 g/mol. The molecule has 0 atom stereocenters. The summed E-state index contributed by atoms with van der Waals surface area (Å²) in [5.74, 6) is 0. The molecular weight excluding hydrogens is 238 g/mol. The van der Waals surface area contributed by atoms with Crippen LogP contribution in [0.2, 0.25) is 0 Å². The number of alkyl halides is 2. The Kier molecular flexibility index (Phi) is 6.83. The van der Waals surface area contributed by atoms with Crippen molar-refractivity contribution in [3.8, 4) is 0 Å². The van der Waals surface area contributed by atoms with Gasteiger partial charge in [0.05, 0.1) is 18.2 Å². The van der Waals surface area contributed by atoms with Crippen LogP contribution in [0.15, 0.2) is 29.2 Å². The SMILES string of the molecule is Cc1ccccc1S(=O)(=O)O.FCCCF. The Hall–Kier alpha value is -1.01. The molecule has 1 aromatic carbocycles. The largest absolute Gasteiger partial charge is 0.294 e. The third kappa shape index (κ3) is 5.77. The van der Waals surface area contributed by atoms with Crippen LogP contribution in [0.25, 0.3) is 0 Å². The summed E-state index contributed by atoms with van der Waals surface area (Å²) in [5.41, 5.74) is 0.551. The molecule has 0 unspecified atom stereocenters. The van der Waals surface area contributed by atoms with Crippen LogP contribution < -0.4 is 0 Å². The topological polar surface area (TPSA) is 54.4 Å². The van der Waals surface area contributed by atoms with Gasteiger partial charge in [0.1, 0.15) is 0 Å². The van der Waals surface area contributed by atoms with Gasteiger partial charge in [-0.15, -0.1) is 0 Å². The molecule has 0 heterocycles. The fraction of sp³-hybridized carbons (Fsp3) is 0.400. The number of benzene rings is 1. The number of hydrogen-bond acceptors (Lipinski definition) is 2. The van der Waals surface area contributed by atoms with Crippen molar-refractivity contribution in [1.29, 1.82) is 0 Å². The fourth-order valence-electron chi connectivity index (χ4n) is 0.896. The maximum absolute atomic E-state index is 10.8. The third-order valence-corrected chi connectivity index (χ3v) is 2.65. The lowest BCUT2D eigenvalue weighted by atomic mass is 10.2. The summed E-state index contributed by atoms with van der Waals surface area (Å²) in [6.07, 6.45) is 0.0556. The first-order valence-electron chi connectivity index (χ1n) is 4.58. The van der Waals surface area contributed by atoms with Gasteiger partial charge in [0, 0.05) is 6.42 Å². The van der Waals surface area contributed by atoms with Crippen molar-refractivity contribution in [2.45, 2.75) is 18.2 Å². The van der Waals surface area contributed by atoms with E-state index in [0.29, 0.717) is 5.56 Å². The van der Waals surface area contributed by atoms with Crippen molar-refractivity contribution in [2.24, 2.45) is 0 Å². The first-order chi connectivity index (χ1) is 7.43. The molecular formula is C10H14F2O3S. The van der Waals surface area contributed by atoms with Crippen molar-refractivity contribution in [3.05, 3.63) is 29.8 Å². The van der Waals surface area contributed by atoms with Crippen molar-refractivity contribution in [2.75, 3.05) is 13.3 Å². The number of rotatable bonds is 3. The maximum atomic E-state index is 10.8. The van der Waals surface area contributed by atoms with E-state index >= 15 is 0 Å². The zero-order valence-electron chi connectivity index (χ0n) is 8.86.